The normalized spacial score (nSPS) is 32.3. The van der Waals surface area contributed by atoms with Gasteiger partial charge in [-0.3, -0.25) is 4.79 Å². The minimum atomic E-state index is -1.52. The van der Waals surface area contributed by atoms with E-state index in [0.29, 0.717) is 19.4 Å². The van der Waals surface area contributed by atoms with E-state index in [1.54, 1.807) is 0 Å². The Hall–Kier alpha value is -1.42. The highest BCUT2D eigenvalue weighted by molar-refractivity contribution is 5.76. The number of nitrogens with one attached hydrogen (secondary N) is 1. The maximum Gasteiger partial charge on any atom is 0.220 e. The number of hydrogen-bond donors (Lipinski definition) is 5. The van der Waals surface area contributed by atoms with Crippen molar-refractivity contribution in [2.75, 3.05) is 13.2 Å². The number of hydrogen-bond acceptors (Lipinski definition) is 7. The van der Waals surface area contributed by atoms with Crippen LogP contribution in [-0.2, 0) is 9.53 Å². The number of rotatable bonds is 7. The van der Waals surface area contributed by atoms with Crippen molar-refractivity contribution in [3.05, 3.63) is 10.4 Å². The third-order valence-electron chi connectivity index (χ3n) is 3.20. The summed E-state index contributed by atoms with van der Waals surface area (Å²) < 4.78 is 4.91. The lowest BCUT2D eigenvalue weighted by Crippen LogP contribution is -2.64. The van der Waals surface area contributed by atoms with Gasteiger partial charge in [-0.2, -0.15) is 0 Å². The molecule has 10 heteroatoms. The fourth-order valence-corrected chi connectivity index (χ4v) is 2.02. The molecule has 0 radical (unpaired) electrons. The highest BCUT2D eigenvalue weighted by atomic mass is 16.6. The third-order valence-corrected chi connectivity index (χ3v) is 3.20. The number of aliphatic hydroxyl groups excluding tert-OH is 4. The smallest absolute Gasteiger partial charge is 0.220 e. The van der Waals surface area contributed by atoms with Gasteiger partial charge >= 0.3 is 0 Å². The first-order valence-corrected chi connectivity index (χ1v) is 6.62. The molecule has 0 aromatic heterocycles. The molecule has 1 fully saturated rings. The number of nitrogens with zero attached hydrogens (tertiary/aromatic N) is 3. The van der Waals surface area contributed by atoms with Crippen molar-refractivity contribution >= 4 is 5.91 Å². The first kappa shape index (κ1) is 17.6. The molecule has 0 spiro atoms. The topological polar surface area (TPSA) is 168 Å². The molecule has 1 rings (SSSR count). The SMILES string of the molecule is [N-]=[N+]=NCCCCC(=O)N[C@@H]1C(O)OC(CO)[C@@H](O)C1O. The van der Waals surface area contributed by atoms with Gasteiger partial charge in [0.05, 0.1) is 6.61 Å². The van der Waals surface area contributed by atoms with Gasteiger partial charge in [0.2, 0.25) is 5.91 Å². The summed E-state index contributed by atoms with van der Waals surface area (Å²) in [5.74, 6) is -0.433. The van der Waals surface area contributed by atoms with Crippen molar-refractivity contribution < 1.29 is 30.0 Å². The van der Waals surface area contributed by atoms with E-state index in [9.17, 15) is 20.1 Å². The Bertz CT molecular complexity index is 389. The van der Waals surface area contributed by atoms with Gasteiger partial charge in [0.25, 0.3) is 0 Å². The molecular weight excluding hydrogens is 284 g/mol. The average molecular weight is 304 g/mol. The van der Waals surface area contributed by atoms with Crippen molar-refractivity contribution in [1.29, 1.82) is 0 Å². The van der Waals surface area contributed by atoms with Crippen LogP contribution in [0, 0.1) is 0 Å². The Morgan fingerprint density at radius 3 is 2.62 bits per heavy atom. The van der Waals surface area contributed by atoms with E-state index >= 15 is 0 Å². The first-order chi connectivity index (χ1) is 10.0. The molecule has 0 aliphatic carbocycles. The summed E-state index contributed by atoms with van der Waals surface area (Å²) in [6.45, 7) is -0.270. The molecule has 3 unspecified atom stereocenters. The van der Waals surface area contributed by atoms with Crippen molar-refractivity contribution in [1.82, 2.24) is 5.32 Å². The van der Waals surface area contributed by atoms with Crippen molar-refractivity contribution in [3.8, 4) is 0 Å². The second-order valence-corrected chi connectivity index (χ2v) is 4.73. The summed E-state index contributed by atoms with van der Waals surface area (Å²) in [6.07, 6.45) is -4.34. The molecule has 0 saturated carbocycles. The fourth-order valence-electron chi connectivity index (χ4n) is 2.02. The maximum atomic E-state index is 11.7. The predicted molar refractivity (Wildman–Crippen MR) is 69.8 cm³/mol. The van der Waals surface area contributed by atoms with E-state index in [4.69, 9.17) is 15.4 Å². The maximum absolute atomic E-state index is 11.7. The molecule has 5 atom stereocenters. The van der Waals surface area contributed by atoms with Crippen LogP contribution in [0.1, 0.15) is 19.3 Å². The summed E-state index contributed by atoms with van der Waals surface area (Å²) in [5, 5.41) is 43.8. The molecule has 1 aliphatic heterocycles. The van der Waals surface area contributed by atoms with Gasteiger partial charge in [0.1, 0.15) is 24.4 Å². The van der Waals surface area contributed by atoms with Crippen LogP contribution in [0.3, 0.4) is 0 Å². The minimum absolute atomic E-state index is 0.121. The molecule has 1 amide bonds. The zero-order valence-corrected chi connectivity index (χ0v) is 11.4. The molecule has 0 aromatic carbocycles. The second kappa shape index (κ2) is 8.78. The Kier molecular flexibility index (Phi) is 7.37. The zero-order chi connectivity index (χ0) is 15.8. The second-order valence-electron chi connectivity index (χ2n) is 4.73. The van der Waals surface area contributed by atoms with Crippen LogP contribution in [0.15, 0.2) is 5.11 Å². The van der Waals surface area contributed by atoms with Crippen LogP contribution < -0.4 is 5.32 Å². The van der Waals surface area contributed by atoms with Crippen LogP contribution >= 0.6 is 0 Å². The minimum Gasteiger partial charge on any atom is -0.394 e. The van der Waals surface area contributed by atoms with Crippen molar-refractivity contribution in [2.45, 2.75) is 49.9 Å². The van der Waals surface area contributed by atoms with Gasteiger partial charge in [-0.05, 0) is 18.4 Å². The molecule has 1 heterocycles. The molecule has 21 heavy (non-hydrogen) atoms. The number of unbranched alkanes of at least 4 members (excludes halogenated alkanes) is 1. The number of aliphatic hydroxyl groups is 4. The molecular formula is C11H20N4O6. The molecule has 10 nitrogen and oxygen atoms in total. The molecule has 0 aromatic rings. The summed E-state index contributed by atoms with van der Waals surface area (Å²) in [7, 11) is 0. The summed E-state index contributed by atoms with van der Waals surface area (Å²) >= 11 is 0. The highest BCUT2D eigenvalue weighted by Gasteiger charge is 2.44. The molecule has 1 aliphatic rings. The van der Waals surface area contributed by atoms with Crippen LogP contribution in [-0.4, -0.2) is 70.1 Å². The number of amides is 1. The molecule has 1 saturated heterocycles. The van der Waals surface area contributed by atoms with Gasteiger partial charge < -0.3 is 30.5 Å². The van der Waals surface area contributed by atoms with Gasteiger partial charge in [0.15, 0.2) is 6.29 Å². The van der Waals surface area contributed by atoms with Crippen LogP contribution in [0.25, 0.3) is 10.4 Å². The van der Waals surface area contributed by atoms with Crippen LogP contribution in [0.2, 0.25) is 0 Å². The quantitative estimate of drug-likeness (QED) is 0.164. The van der Waals surface area contributed by atoms with Crippen molar-refractivity contribution in [3.63, 3.8) is 0 Å². The van der Waals surface area contributed by atoms with Crippen LogP contribution in [0.5, 0.6) is 0 Å². The monoisotopic (exact) mass is 304 g/mol. The molecule has 5 N–H and O–H groups in total. The van der Waals surface area contributed by atoms with E-state index in [-0.39, 0.29) is 6.42 Å². The Morgan fingerprint density at radius 1 is 1.29 bits per heavy atom. The predicted octanol–water partition coefficient (Wildman–Crippen LogP) is -1.62. The lowest BCUT2D eigenvalue weighted by Gasteiger charge is -2.40. The van der Waals surface area contributed by atoms with E-state index in [1.807, 2.05) is 0 Å². The standard InChI is InChI=1S/C11H20N4O6/c12-15-13-4-2-1-3-7(17)14-8-10(19)9(18)6(5-16)21-11(8)20/h6,8-11,16,18-20H,1-5H2,(H,14,17)/t6?,8-,9+,10?,11?/m0/s1. The first-order valence-electron chi connectivity index (χ1n) is 6.62. The number of ether oxygens (including phenoxy) is 1. The van der Waals surface area contributed by atoms with E-state index < -0.39 is 43.2 Å². The van der Waals surface area contributed by atoms with Gasteiger partial charge in [-0.15, -0.1) is 0 Å². The largest absolute Gasteiger partial charge is 0.394 e. The van der Waals surface area contributed by atoms with Gasteiger partial charge in [-0.25, -0.2) is 0 Å². The Balaban J connectivity index is 2.42. The lowest BCUT2D eigenvalue weighted by molar-refractivity contribution is -0.253. The van der Waals surface area contributed by atoms with E-state index in [2.05, 4.69) is 15.3 Å². The molecule has 0 bridgehead atoms. The van der Waals surface area contributed by atoms with Crippen molar-refractivity contribution in [2.24, 2.45) is 5.11 Å². The summed E-state index contributed by atoms with van der Waals surface area (Å²) in [4.78, 5) is 14.3. The van der Waals surface area contributed by atoms with E-state index in [0.717, 1.165) is 0 Å². The van der Waals surface area contributed by atoms with Gasteiger partial charge in [0, 0.05) is 17.9 Å². The highest BCUT2D eigenvalue weighted by Crippen LogP contribution is 2.19. The number of azide groups is 1. The Morgan fingerprint density at radius 2 is 2.00 bits per heavy atom. The number of carbonyl (C=O) groups is 1. The third kappa shape index (κ3) is 5.12. The van der Waals surface area contributed by atoms with Gasteiger partial charge in [-0.1, -0.05) is 5.11 Å². The average Bonchev–Trinajstić information content (AvgIpc) is 2.47. The summed E-state index contributed by atoms with van der Waals surface area (Å²) in [6, 6.07) is -1.17. The molecule has 120 valence electrons. The zero-order valence-electron chi connectivity index (χ0n) is 11.4. The lowest BCUT2D eigenvalue weighted by atomic mass is 9.97. The fraction of sp³-hybridized carbons (Fsp3) is 0.909. The Labute approximate surface area is 121 Å². The van der Waals surface area contributed by atoms with E-state index in [1.165, 1.54) is 0 Å². The van der Waals surface area contributed by atoms with Crippen LogP contribution in [0.4, 0.5) is 0 Å². The summed E-state index contributed by atoms with van der Waals surface area (Å²) in [5.41, 5.74) is 8.08. The number of carbonyl (C=O) groups excluding carboxylic acids is 1.